The molecule has 106 valence electrons. The van der Waals surface area contributed by atoms with Crippen LogP contribution in [0.25, 0.3) is 0 Å². The predicted molar refractivity (Wildman–Crippen MR) is 66.8 cm³/mol. The third kappa shape index (κ3) is 4.47. The van der Waals surface area contributed by atoms with Crippen LogP contribution in [0.4, 0.5) is 13.2 Å². The summed E-state index contributed by atoms with van der Waals surface area (Å²) in [4.78, 5) is 5.89. The molecule has 1 fully saturated rings. The molecule has 1 N–H and O–H groups in total. The van der Waals surface area contributed by atoms with Crippen molar-refractivity contribution < 1.29 is 13.2 Å². The van der Waals surface area contributed by atoms with E-state index in [0.29, 0.717) is 19.6 Å². The van der Waals surface area contributed by atoms with Crippen molar-refractivity contribution in [3.05, 3.63) is 30.1 Å². The Hall–Kier alpha value is -1.14. The zero-order valence-electron chi connectivity index (χ0n) is 10.7. The first-order valence-corrected chi connectivity index (χ1v) is 6.44. The van der Waals surface area contributed by atoms with Gasteiger partial charge < -0.3 is 10.2 Å². The molecule has 1 unspecified atom stereocenters. The maximum Gasteiger partial charge on any atom is 0.394 e. The predicted octanol–water partition coefficient (Wildman–Crippen LogP) is 1.71. The van der Waals surface area contributed by atoms with E-state index in [4.69, 9.17) is 0 Å². The van der Waals surface area contributed by atoms with Gasteiger partial charge in [-0.2, -0.15) is 13.2 Å². The van der Waals surface area contributed by atoms with E-state index in [9.17, 15) is 13.2 Å². The summed E-state index contributed by atoms with van der Waals surface area (Å²) in [6.07, 6.45) is 0.0681. The number of aromatic nitrogens is 1. The van der Waals surface area contributed by atoms with Crippen molar-refractivity contribution >= 4 is 0 Å². The second-order valence-electron chi connectivity index (χ2n) is 4.85. The van der Waals surface area contributed by atoms with E-state index in [0.717, 1.165) is 12.0 Å². The standard InChI is InChI=1S/C13H18F3N3/c14-13(15,16)12-9-18-5-7-19(10-12)6-3-11-2-1-4-17-8-11/h1-2,4,8,12,18H,3,5-7,9-10H2. The van der Waals surface area contributed by atoms with Crippen molar-refractivity contribution in [2.75, 3.05) is 32.7 Å². The number of nitrogens with one attached hydrogen (secondary N) is 1. The fourth-order valence-electron chi connectivity index (χ4n) is 2.24. The van der Waals surface area contributed by atoms with Crippen molar-refractivity contribution in [3.63, 3.8) is 0 Å². The molecule has 0 bridgehead atoms. The number of rotatable bonds is 3. The Morgan fingerprint density at radius 1 is 1.42 bits per heavy atom. The number of alkyl halides is 3. The van der Waals surface area contributed by atoms with Crippen LogP contribution in [0.15, 0.2) is 24.5 Å². The molecule has 1 atom stereocenters. The fourth-order valence-corrected chi connectivity index (χ4v) is 2.24. The lowest BCUT2D eigenvalue weighted by molar-refractivity contribution is -0.175. The van der Waals surface area contributed by atoms with E-state index in [1.165, 1.54) is 0 Å². The summed E-state index contributed by atoms with van der Waals surface area (Å²) in [5.74, 6) is -1.27. The van der Waals surface area contributed by atoms with Gasteiger partial charge in [-0.05, 0) is 18.1 Å². The van der Waals surface area contributed by atoms with Gasteiger partial charge in [0, 0.05) is 45.1 Å². The van der Waals surface area contributed by atoms with Crippen molar-refractivity contribution in [3.8, 4) is 0 Å². The molecule has 0 radical (unpaired) electrons. The molecule has 2 rings (SSSR count). The van der Waals surface area contributed by atoms with Crippen molar-refractivity contribution in [1.82, 2.24) is 15.2 Å². The number of hydrogen-bond donors (Lipinski definition) is 1. The molecule has 1 aliphatic heterocycles. The molecule has 0 spiro atoms. The number of halogens is 3. The van der Waals surface area contributed by atoms with Crippen LogP contribution in [-0.2, 0) is 6.42 Å². The molecule has 1 aromatic heterocycles. The first kappa shape index (κ1) is 14.3. The van der Waals surface area contributed by atoms with Gasteiger partial charge in [0.05, 0.1) is 5.92 Å². The van der Waals surface area contributed by atoms with E-state index >= 15 is 0 Å². The van der Waals surface area contributed by atoms with Crippen LogP contribution in [0.2, 0.25) is 0 Å². The van der Waals surface area contributed by atoms with Crippen LogP contribution in [-0.4, -0.2) is 48.8 Å². The van der Waals surface area contributed by atoms with Crippen LogP contribution in [0.1, 0.15) is 5.56 Å². The van der Waals surface area contributed by atoms with Crippen LogP contribution >= 0.6 is 0 Å². The average molecular weight is 273 g/mol. The molecule has 2 heterocycles. The summed E-state index contributed by atoms with van der Waals surface area (Å²) < 4.78 is 38.3. The first-order valence-electron chi connectivity index (χ1n) is 6.44. The maximum atomic E-state index is 12.8. The highest BCUT2D eigenvalue weighted by atomic mass is 19.4. The van der Waals surface area contributed by atoms with E-state index in [-0.39, 0.29) is 13.1 Å². The maximum absolute atomic E-state index is 12.8. The van der Waals surface area contributed by atoms with Crippen LogP contribution in [0, 0.1) is 5.92 Å². The summed E-state index contributed by atoms with van der Waals surface area (Å²) in [6, 6.07) is 3.79. The molecular weight excluding hydrogens is 255 g/mol. The minimum absolute atomic E-state index is 0.0207. The largest absolute Gasteiger partial charge is 0.394 e. The van der Waals surface area contributed by atoms with Gasteiger partial charge in [0.25, 0.3) is 0 Å². The second-order valence-corrected chi connectivity index (χ2v) is 4.85. The van der Waals surface area contributed by atoms with E-state index in [2.05, 4.69) is 10.3 Å². The van der Waals surface area contributed by atoms with Crippen molar-refractivity contribution in [2.45, 2.75) is 12.6 Å². The van der Waals surface area contributed by atoms with Gasteiger partial charge in [0.15, 0.2) is 0 Å². The second kappa shape index (κ2) is 6.34. The van der Waals surface area contributed by atoms with Gasteiger partial charge in [-0.15, -0.1) is 0 Å². The highest BCUT2D eigenvalue weighted by Gasteiger charge is 2.40. The molecule has 0 aromatic carbocycles. The Bertz CT molecular complexity index is 380. The highest BCUT2D eigenvalue weighted by molar-refractivity contribution is 5.08. The summed E-state index contributed by atoms with van der Waals surface area (Å²) in [7, 11) is 0. The Balaban J connectivity index is 1.88. The molecule has 3 nitrogen and oxygen atoms in total. The third-order valence-corrected chi connectivity index (χ3v) is 3.38. The minimum Gasteiger partial charge on any atom is -0.315 e. The van der Waals surface area contributed by atoms with Gasteiger partial charge in [-0.25, -0.2) is 0 Å². The van der Waals surface area contributed by atoms with Gasteiger partial charge >= 0.3 is 6.18 Å². The SMILES string of the molecule is FC(F)(F)C1CNCCN(CCc2cccnc2)C1. The van der Waals surface area contributed by atoms with Gasteiger partial charge in [0.2, 0.25) is 0 Å². The molecule has 6 heteroatoms. The zero-order valence-corrected chi connectivity index (χ0v) is 10.7. The lowest BCUT2D eigenvalue weighted by atomic mass is 10.1. The third-order valence-electron chi connectivity index (χ3n) is 3.38. The Kier molecular flexibility index (Phi) is 4.76. The monoisotopic (exact) mass is 273 g/mol. The number of nitrogens with zero attached hydrogens (tertiary/aromatic N) is 2. The summed E-state index contributed by atoms with van der Waals surface area (Å²) in [6.45, 7) is 2.01. The first-order chi connectivity index (χ1) is 9.05. The van der Waals surface area contributed by atoms with E-state index in [1.54, 1.807) is 12.4 Å². The van der Waals surface area contributed by atoms with Gasteiger partial charge in [-0.3, -0.25) is 4.98 Å². The number of hydrogen-bond acceptors (Lipinski definition) is 3. The topological polar surface area (TPSA) is 28.2 Å². The van der Waals surface area contributed by atoms with Gasteiger partial charge in [-0.1, -0.05) is 6.07 Å². The molecule has 0 saturated carbocycles. The molecule has 1 saturated heterocycles. The fraction of sp³-hybridized carbons (Fsp3) is 0.615. The summed E-state index contributed by atoms with van der Waals surface area (Å²) >= 11 is 0. The normalized spacial score (nSPS) is 22.2. The Morgan fingerprint density at radius 3 is 2.95 bits per heavy atom. The quantitative estimate of drug-likeness (QED) is 0.908. The Morgan fingerprint density at radius 2 is 2.26 bits per heavy atom. The van der Waals surface area contributed by atoms with Crippen LogP contribution < -0.4 is 5.32 Å². The van der Waals surface area contributed by atoms with E-state index in [1.807, 2.05) is 17.0 Å². The molecule has 0 amide bonds. The van der Waals surface area contributed by atoms with Crippen molar-refractivity contribution in [1.29, 1.82) is 0 Å². The molecule has 1 aromatic rings. The Labute approximate surface area is 110 Å². The molecule has 0 aliphatic carbocycles. The molecular formula is C13H18F3N3. The van der Waals surface area contributed by atoms with E-state index < -0.39 is 12.1 Å². The van der Waals surface area contributed by atoms with Gasteiger partial charge in [0.1, 0.15) is 0 Å². The zero-order chi connectivity index (χ0) is 13.7. The average Bonchev–Trinajstić information content (AvgIpc) is 2.62. The highest BCUT2D eigenvalue weighted by Crippen LogP contribution is 2.27. The molecule has 1 aliphatic rings. The molecule has 19 heavy (non-hydrogen) atoms. The number of pyridine rings is 1. The minimum atomic E-state index is -4.12. The smallest absolute Gasteiger partial charge is 0.315 e. The summed E-state index contributed by atoms with van der Waals surface area (Å²) in [5, 5.41) is 2.86. The lowest BCUT2D eigenvalue weighted by Gasteiger charge is -2.25. The van der Waals surface area contributed by atoms with Crippen LogP contribution in [0.5, 0.6) is 0 Å². The van der Waals surface area contributed by atoms with Crippen LogP contribution in [0.3, 0.4) is 0 Å². The summed E-state index contributed by atoms with van der Waals surface area (Å²) in [5.41, 5.74) is 1.06. The van der Waals surface area contributed by atoms with Crippen molar-refractivity contribution in [2.24, 2.45) is 5.92 Å². The lowest BCUT2D eigenvalue weighted by Crippen LogP contribution is -2.38.